The molecule has 0 aliphatic carbocycles. The van der Waals surface area contributed by atoms with Gasteiger partial charge in [0.2, 0.25) is 4.96 Å². The normalized spacial score (nSPS) is 11.8. The van der Waals surface area contributed by atoms with Crippen LogP contribution in [0.2, 0.25) is 0 Å². The molecule has 0 atom stereocenters. The number of carbonyl (C=O) groups is 1. The lowest BCUT2D eigenvalue weighted by Gasteiger charge is -2.02. The monoisotopic (exact) mass is 327 g/mol. The van der Waals surface area contributed by atoms with Gasteiger partial charge in [0.25, 0.3) is 11.7 Å². The molecule has 2 heterocycles. The number of nitrogens with zero attached hydrogens (tertiary/aromatic N) is 4. The Morgan fingerprint density at radius 3 is 2.64 bits per heavy atom. The third-order valence-electron chi connectivity index (χ3n) is 2.72. The maximum atomic E-state index is 12.7. The molecule has 1 amide bonds. The van der Waals surface area contributed by atoms with Gasteiger partial charge in [0.15, 0.2) is 0 Å². The topological polar surface area (TPSA) is 72.2 Å². The van der Waals surface area contributed by atoms with E-state index >= 15 is 0 Å². The summed E-state index contributed by atoms with van der Waals surface area (Å²) in [5, 5.41) is 13.2. The Hall–Kier alpha value is -2.49. The molecule has 0 saturated heterocycles. The lowest BCUT2D eigenvalue weighted by molar-refractivity contribution is -0.146. The molecule has 0 bridgehead atoms. The van der Waals surface area contributed by atoms with Crippen molar-refractivity contribution >= 4 is 22.2 Å². The van der Waals surface area contributed by atoms with E-state index in [0.29, 0.717) is 15.1 Å². The minimum atomic E-state index is -4.63. The van der Waals surface area contributed by atoms with E-state index in [4.69, 9.17) is 0 Å². The van der Waals surface area contributed by atoms with Gasteiger partial charge in [0, 0.05) is 5.56 Å². The van der Waals surface area contributed by atoms with Crippen LogP contribution in [0.4, 0.5) is 13.2 Å². The number of halogens is 3. The van der Waals surface area contributed by atoms with Crippen molar-refractivity contribution in [2.45, 2.75) is 12.7 Å². The van der Waals surface area contributed by atoms with Crippen LogP contribution in [0.5, 0.6) is 0 Å². The van der Waals surface area contributed by atoms with E-state index in [-0.39, 0.29) is 17.4 Å². The van der Waals surface area contributed by atoms with Crippen LogP contribution in [0.3, 0.4) is 0 Å². The molecular formula is C12H8F3N5OS. The molecule has 0 aliphatic heterocycles. The van der Waals surface area contributed by atoms with Crippen LogP contribution in [0, 0.1) is 0 Å². The Balaban J connectivity index is 1.75. The fourth-order valence-electron chi connectivity index (χ4n) is 1.75. The van der Waals surface area contributed by atoms with Gasteiger partial charge in [-0.15, -0.1) is 10.2 Å². The van der Waals surface area contributed by atoms with Crippen molar-refractivity contribution in [2.75, 3.05) is 0 Å². The minimum absolute atomic E-state index is 0.0129. The van der Waals surface area contributed by atoms with Crippen molar-refractivity contribution in [1.29, 1.82) is 0 Å². The molecule has 2 aromatic heterocycles. The minimum Gasteiger partial charge on any atom is -0.345 e. The second-order valence-corrected chi connectivity index (χ2v) is 5.30. The Morgan fingerprint density at radius 1 is 1.23 bits per heavy atom. The summed E-state index contributed by atoms with van der Waals surface area (Å²) >= 11 is 0.935. The van der Waals surface area contributed by atoms with Crippen molar-refractivity contribution in [3.63, 3.8) is 0 Å². The lowest BCUT2D eigenvalue weighted by Crippen LogP contribution is -2.22. The van der Waals surface area contributed by atoms with E-state index in [9.17, 15) is 18.0 Å². The van der Waals surface area contributed by atoms with E-state index in [1.807, 2.05) is 0 Å². The number of benzene rings is 1. The summed E-state index contributed by atoms with van der Waals surface area (Å²) in [6.45, 7) is 0.0129. The summed E-state index contributed by atoms with van der Waals surface area (Å²) in [6.07, 6.45) is -4.63. The highest BCUT2D eigenvalue weighted by atomic mass is 32.1. The predicted octanol–water partition coefficient (Wildman–Crippen LogP) is 2.13. The molecule has 0 unspecified atom stereocenters. The lowest BCUT2D eigenvalue weighted by atomic mass is 10.2. The summed E-state index contributed by atoms with van der Waals surface area (Å²) < 4.78 is 38.6. The maximum Gasteiger partial charge on any atom is 0.453 e. The van der Waals surface area contributed by atoms with Gasteiger partial charge in [0.1, 0.15) is 5.01 Å². The highest BCUT2D eigenvalue weighted by Crippen LogP contribution is 2.28. The van der Waals surface area contributed by atoms with E-state index < -0.39 is 12.0 Å². The smallest absolute Gasteiger partial charge is 0.345 e. The van der Waals surface area contributed by atoms with Crippen molar-refractivity contribution < 1.29 is 18.0 Å². The van der Waals surface area contributed by atoms with Crippen molar-refractivity contribution in [1.82, 2.24) is 25.1 Å². The summed E-state index contributed by atoms with van der Waals surface area (Å²) in [6, 6.07) is 8.48. The van der Waals surface area contributed by atoms with Gasteiger partial charge >= 0.3 is 6.18 Å². The number of nitrogens with one attached hydrogen (secondary N) is 1. The number of aromatic nitrogens is 4. The van der Waals surface area contributed by atoms with E-state index in [1.165, 1.54) is 0 Å². The fraction of sp³-hybridized carbons (Fsp3) is 0.167. The SMILES string of the molecule is O=C(NCc1nn2c(C(F)(F)F)nnc2s1)c1ccccc1. The van der Waals surface area contributed by atoms with Gasteiger partial charge in [-0.3, -0.25) is 4.79 Å². The molecule has 3 rings (SSSR count). The molecule has 3 aromatic rings. The fourth-order valence-corrected chi connectivity index (χ4v) is 2.53. The van der Waals surface area contributed by atoms with Crippen molar-refractivity contribution in [3.8, 4) is 0 Å². The highest BCUT2D eigenvalue weighted by molar-refractivity contribution is 7.16. The van der Waals surface area contributed by atoms with Crippen LogP contribution in [-0.4, -0.2) is 25.7 Å². The molecule has 0 saturated carbocycles. The van der Waals surface area contributed by atoms with Crippen LogP contribution >= 0.6 is 11.3 Å². The molecule has 0 radical (unpaired) electrons. The van der Waals surface area contributed by atoms with Crippen LogP contribution < -0.4 is 5.32 Å². The molecule has 0 spiro atoms. The number of alkyl halides is 3. The van der Waals surface area contributed by atoms with Crippen LogP contribution in [0.25, 0.3) is 4.96 Å². The average molecular weight is 327 g/mol. The van der Waals surface area contributed by atoms with Crippen LogP contribution in [-0.2, 0) is 12.7 Å². The first kappa shape index (κ1) is 14.4. The first-order chi connectivity index (χ1) is 10.4. The maximum absolute atomic E-state index is 12.7. The zero-order valence-electron chi connectivity index (χ0n) is 10.8. The van der Waals surface area contributed by atoms with Gasteiger partial charge in [-0.25, -0.2) is 0 Å². The summed E-state index contributed by atoms with van der Waals surface area (Å²) in [5.41, 5.74) is 0.460. The van der Waals surface area contributed by atoms with Gasteiger partial charge in [-0.2, -0.15) is 22.8 Å². The number of amides is 1. The molecule has 1 aromatic carbocycles. The van der Waals surface area contributed by atoms with Gasteiger partial charge in [-0.1, -0.05) is 29.5 Å². The Labute approximate surface area is 125 Å². The predicted molar refractivity (Wildman–Crippen MR) is 71.3 cm³/mol. The number of hydrogen-bond donors (Lipinski definition) is 1. The molecule has 0 fully saturated rings. The first-order valence-corrected chi connectivity index (χ1v) is 6.88. The second-order valence-electron chi connectivity index (χ2n) is 4.26. The summed E-state index contributed by atoms with van der Waals surface area (Å²) in [5.74, 6) is -1.51. The van der Waals surface area contributed by atoms with Gasteiger partial charge in [-0.05, 0) is 12.1 Å². The van der Waals surface area contributed by atoms with E-state index in [0.717, 1.165) is 11.3 Å². The number of rotatable bonds is 3. The van der Waals surface area contributed by atoms with Crippen LogP contribution in [0.15, 0.2) is 30.3 Å². The summed E-state index contributed by atoms with van der Waals surface area (Å²) in [4.78, 5) is 11.9. The Morgan fingerprint density at radius 2 is 1.95 bits per heavy atom. The van der Waals surface area contributed by atoms with Crippen LogP contribution in [0.1, 0.15) is 21.2 Å². The van der Waals surface area contributed by atoms with Crippen molar-refractivity contribution in [3.05, 3.63) is 46.7 Å². The molecular weight excluding hydrogens is 319 g/mol. The third kappa shape index (κ3) is 2.77. The molecule has 0 aliphatic rings. The summed E-state index contributed by atoms with van der Waals surface area (Å²) in [7, 11) is 0. The van der Waals surface area contributed by atoms with Gasteiger partial charge < -0.3 is 5.32 Å². The van der Waals surface area contributed by atoms with Crippen molar-refractivity contribution in [2.24, 2.45) is 0 Å². The van der Waals surface area contributed by atoms with Gasteiger partial charge in [0.05, 0.1) is 6.54 Å². The molecule has 6 nitrogen and oxygen atoms in total. The Kier molecular flexibility index (Phi) is 3.53. The standard InChI is InChI=1S/C12H8F3N5OS/c13-12(14,15)10-17-18-11-20(10)19-8(22-11)6-16-9(21)7-4-2-1-3-5-7/h1-5H,6H2,(H,16,21). The second kappa shape index (κ2) is 5.37. The largest absolute Gasteiger partial charge is 0.453 e. The molecule has 114 valence electrons. The molecule has 1 N–H and O–H groups in total. The average Bonchev–Trinajstić information content (AvgIpc) is 3.04. The zero-order chi connectivity index (χ0) is 15.7. The molecule has 22 heavy (non-hydrogen) atoms. The molecule has 10 heteroatoms. The number of hydrogen-bond acceptors (Lipinski definition) is 5. The first-order valence-electron chi connectivity index (χ1n) is 6.07. The third-order valence-corrected chi connectivity index (χ3v) is 3.62. The van der Waals surface area contributed by atoms with E-state index in [1.54, 1.807) is 30.3 Å². The Bertz CT molecular complexity index is 811. The van der Waals surface area contributed by atoms with E-state index in [2.05, 4.69) is 20.6 Å². The highest BCUT2D eigenvalue weighted by Gasteiger charge is 2.38. The number of carbonyl (C=O) groups excluding carboxylic acids is 1. The zero-order valence-corrected chi connectivity index (χ0v) is 11.6. The quantitative estimate of drug-likeness (QED) is 0.800. The number of fused-ring (bicyclic) bond motifs is 1.